The summed E-state index contributed by atoms with van der Waals surface area (Å²) in [7, 11) is 0. The average Bonchev–Trinajstić information content (AvgIpc) is 2.45. The van der Waals surface area contributed by atoms with Crippen molar-refractivity contribution in [1.29, 1.82) is 0 Å². The number of carbonyl (C=O) groups is 2. The molecule has 0 atom stereocenters. The molecule has 2 aromatic carbocycles. The number of hydrogen-bond acceptors (Lipinski definition) is 2. The summed E-state index contributed by atoms with van der Waals surface area (Å²) in [5.74, 6) is -2.98. The van der Waals surface area contributed by atoms with Crippen LogP contribution in [0.5, 0.6) is 0 Å². The molecule has 4 nitrogen and oxygen atoms in total. The number of hydrogen-bond donors (Lipinski definition) is 1. The lowest BCUT2D eigenvalue weighted by molar-refractivity contribution is -0.120. The van der Waals surface area contributed by atoms with Crippen molar-refractivity contribution in [2.75, 3.05) is 16.8 Å². The van der Waals surface area contributed by atoms with Crippen LogP contribution in [-0.4, -0.2) is 18.4 Å². The highest BCUT2D eigenvalue weighted by Crippen LogP contribution is 2.23. The second kappa shape index (κ2) is 7.00. The van der Waals surface area contributed by atoms with E-state index in [0.29, 0.717) is 5.69 Å². The molecule has 0 aliphatic heterocycles. The first kappa shape index (κ1) is 16.6. The first-order valence-electron chi connectivity index (χ1n) is 6.97. The molecular weight excluding hydrogens is 302 g/mol. The Kier molecular flexibility index (Phi) is 5.05. The third kappa shape index (κ3) is 4.12. The second-order valence-corrected chi connectivity index (χ2v) is 5.09. The monoisotopic (exact) mass is 318 g/mol. The lowest BCUT2D eigenvalue weighted by Gasteiger charge is -2.21. The summed E-state index contributed by atoms with van der Waals surface area (Å²) in [4.78, 5) is 24.6. The van der Waals surface area contributed by atoms with E-state index >= 15 is 0 Å². The molecule has 2 rings (SSSR count). The molecule has 2 aromatic rings. The fraction of sp³-hybridized carbons (Fsp3) is 0.176. The van der Waals surface area contributed by atoms with Crippen molar-refractivity contribution in [3.63, 3.8) is 0 Å². The highest BCUT2D eigenvalue weighted by atomic mass is 19.1. The van der Waals surface area contributed by atoms with Gasteiger partial charge in [-0.25, -0.2) is 8.78 Å². The third-order valence-corrected chi connectivity index (χ3v) is 3.19. The van der Waals surface area contributed by atoms with Gasteiger partial charge in [0.15, 0.2) is 0 Å². The third-order valence-electron chi connectivity index (χ3n) is 3.19. The van der Waals surface area contributed by atoms with Crippen LogP contribution in [-0.2, 0) is 9.59 Å². The van der Waals surface area contributed by atoms with Gasteiger partial charge >= 0.3 is 0 Å². The molecule has 0 spiro atoms. The second-order valence-electron chi connectivity index (χ2n) is 5.09. The maximum Gasteiger partial charge on any atom is 0.244 e. The summed E-state index contributed by atoms with van der Waals surface area (Å²) in [6.07, 6.45) is 0. The van der Waals surface area contributed by atoms with E-state index in [0.717, 1.165) is 29.5 Å². The standard InChI is InChI=1S/C17H16F2N2O2/c1-11-5-3-6-13(9-11)20-16(23)10-21(12(2)22)17-14(18)7-4-8-15(17)19/h3-9H,10H2,1-2H3,(H,20,23). The molecule has 0 saturated heterocycles. The molecule has 0 radical (unpaired) electrons. The van der Waals surface area contributed by atoms with Crippen LogP contribution in [0, 0.1) is 18.6 Å². The van der Waals surface area contributed by atoms with Crippen molar-refractivity contribution in [3.05, 3.63) is 59.7 Å². The largest absolute Gasteiger partial charge is 0.325 e. The molecule has 0 bridgehead atoms. The van der Waals surface area contributed by atoms with E-state index in [9.17, 15) is 18.4 Å². The molecular formula is C17H16F2N2O2. The Balaban J connectivity index is 2.20. The SMILES string of the molecule is CC(=O)N(CC(=O)Nc1cccc(C)c1)c1c(F)cccc1F. The Bertz CT molecular complexity index is 727. The van der Waals surface area contributed by atoms with Gasteiger partial charge in [0, 0.05) is 12.6 Å². The quantitative estimate of drug-likeness (QED) is 0.940. The van der Waals surface area contributed by atoms with Crippen molar-refractivity contribution in [1.82, 2.24) is 0 Å². The van der Waals surface area contributed by atoms with Crippen LogP contribution in [0.2, 0.25) is 0 Å². The number of carbonyl (C=O) groups excluding carboxylic acids is 2. The zero-order chi connectivity index (χ0) is 17.0. The number of nitrogens with zero attached hydrogens (tertiary/aromatic N) is 1. The maximum absolute atomic E-state index is 13.8. The molecule has 0 aromatic heterocycles. The summed E-state index contributed by atoms with van der Waals surface area (Å²) in [5.41, 5.74) is 0.971. The number of benzene rings is 2. The zero-order valence-electron chi connectivity index (χ0n) is 12.8. The van der Waals surface area contributed by atoms with Crippen LogP contribution >= 0.6 is 0 Å². The number of halogens is 2. The van der Waals surface area contributed by atoms with E-state index in [1.54, 1.807) is 18.2 Å². The summed E-state index contributed by atoms with van der Waals surface area (Å²) in [6.45, 7) is 2.53. The number of nitrogens with one attached hydrogen (secondary N) is 1. The smallest absolute Gasteiger partial charge is 0.244 e. The molecule has 0 unspecified atom stereocenters. The molecule has 0 aliphatic rings. The van der Waals surface area contributed by atoms with Crippen molar-refractivity contribution in [2.24, 2.45) is 0 Å². The Morgan fingerprint density at radius 2 is 1.70 bits per heavy atom. The number of anilines is 2. The predicted molar refractivity (Wildman–Crippen MR) is 84.2 cm³/mol. The first-order valence-corrected chi connectivity index (χ1v) is 6.97. The van der Waals surface area contributed by atoms with Gasteiger partial charge in [0.2, 0.25) is 11.8 Å². The summed E-state index contributed by atoms with van der Waals surface area (Å²) in [5, 5.41) is 2.60. The Morgan fingerprint density at radius 3 is 2.26 bits per heavy atom. The van der Waals surface area contributed by atoms with Crippen molar-refractivity contribution in [2.45, 2.75) is 13.8 Å². The minimum Gasteiger partial charge on any atom is -0.325 e. The van der Waals surface area contributed by atoms with Crippen LogP contribution in [0.4, 0.5) is 20.2 Å². The fourth-order valence-electron chi connectivity index (χ4n) is 2.16. The molecule has 0 fully saturated rings. The number of para-hydroxylation sites is 1. The van der Waals surface area contributed by atoms with E-state index in [1.165, 1.54) is 6.07 Å². The van der Waals surface area contributed by atoms with Crippen LogP contribution in [0.15, 0.2) is 42.5 Å². The Morgan fingerprint density at radius 1 is 1.09 bits per heavy atom. The van der Waals surface area contributed by atoms with Crippen LogP contribution < -0.4 is 10.2 Å². The van der Waals surface area contributed by atoms with E-state index in [4.69, 9.17) is 0 Å². The minimum atomic E-state index is -0.899. The molecule has 6 heteroatoms. The van der Waals surface area contributed by atoms with E-state index in [1.807, 2.05) is 13.0 Å². The number of aryl methyl sites for hydroxylation is 1. The first-order chi connectivity index (χ1) is 10.9. The minimum absolute atomic E-state index is 0.485. The number of amides is 2. The zero-order valence-corrected chi connectivity index (χ0v) is 12.8. The van der Waals surface area contributed by atoms with Gasteiger partial charge in [0.1, 0.15) is 23.9 Å². The highest BCUT2D eigenvalue weighted by molar-refractivity contribution is 6.01. The molecule has 0 saturated carbocycles. The molecule has 0 aliphatic carbocycles. The maximum atomic E-state index is 13.8. The van der Waals surface area contributed by atoms with Crippen molar-refractivity contribution in [3.8, 4) is 0 Å². The van der Waals surface area contributed by atoms with E-state index in [-0.39, 0.29) is 0 Å². The van der Waals surface area contributed by atoms with Gasteiger partial charge in [-0.15, -0.1) is 0 Å². The summed E-state index contributed by atoms with van der Waals surface area (Å²) in [6, 6.07) is 10.3. The highest BCUT2D eigenvalue weighted by Gasteiger charge is 2.22. The lowest BCUT2D eigenvalue weighted by Crippen LogP contribution is -2.37. The molecule has 120 valence electrons. The van der Waals surface area contributed by atoms with Gasteiger partial charge < -0.3 is 5.32 Å². The van der Waals surface area contributed by atoms with E-state index in [2.05, 4.69) is 5.32 Å². The summed E-state index contributed by atoms with van der Waals surface area (Å²) < 4.78 is 27.7. The lowest BCUT2D eigenvalue weighted by atomic mass is 10.2. The van der Waals surface area contributed by atoms with E-state index < -0.39 is 35.7 Å². The predicted octanol–water partition coefficient (Wildman–Crippen LogP) is 3.26. The average molecular weight is 318 g/mol. The van der Waals surface area contributed by atoms with Crippen LogP contribution in [0.1, 0.15) is 12.5 Å². The summed E-state index contributed by atoms with van der Waals surface area (Å²) >= 11 is 0. The van der Waals surface area contributed by atoms with Crippen LogP contribution in [0.3, 0.4) is 0 Å². The number of rotatable bonds is 4. The molecule has 0 heterocycles. The molecule has 2 amide bonds. The topological polar surface area (TPSA) is 49.4 Å². The van der Waals surface area contributed by atoms with Crippen molar-refractivity contribution >= 4 is 23.2 Å². The van der Waals surface area contributed by atoms with Gasteiger partial charge in [-0.05, 0) is 36.8 Å². The molecule has 23 heavy (non-hydrogen) atoms. The normalized spacial score (nSPS) is 10.3. The van der Waals surface area contributed by atoms with Gasteiger partial charge in [-0.1, -0.05) is 18.2 Å². The van der Waals surface area contributed by atoms with Gasteiger partial charge in [-0.2, -0.15) is 0 Å². The van der Waals surface area contributed by atoms with Gasteiger partial charge in [0.05, 0.1) is 0 Å². The van der Waals surface area contributed by atoms with Crippen molar-refractivity contribution < 1.29 is 18.4 Å². The van der Waals surface area contributed by atoms with Gasteiger partial charge in [0.25, 0.3) is 0 Å². The van der Waals surface area contributed by atoms with Gasteiger partial charge in [-0.3, -0.25) is 14.5 Å². The fourth-order valence-corrected chi connectivity index (χ4v) is 2.16. The van der Waals surface area contributed by atoms with Crippen LogP contribution in [0.25, 0.3) is 0 Å². The molecule has 1 N–H and O–H groups in total. The Labute approximate surface area is 132 Å². The Hall–Kier alpha value is -2.76.